The minimum absolute atomic E-state index is 0.0334. The normalized spacial score (nSPS) is 11.4. The third-order valence-corrected chi connectivity index (χ3v) is 4.94. The molecule has 2 aromatic rings. The summed E-state index contributed by atoms with van der Waals surface area (Å²) in [5, 5.41) is 11.3. The van der Waals surface area contributed by atoms with Gasteiger partial charge >= 0.3 is 5.97 Å². The van der Waals surface area contributed by atoms with Gasteiger partial charge in [0.1, 0.15) is 5.01 Å². The quantitative estimate of drug-likeness (QED) is 0.874. The lowest BCUT2D eigenvalue weighted by atomic mass is 10.1. The van der Waals surface area contributed by atoms with E-state index in [1.807, 2.05) is 0 Å². The zero-order valence-electron chi connectivity index (χ0n) is 10.5. The predicted octanol–water partition coefficient (Wildman–Crippen LogP) is 1.63. The number of hydrogen-bond acceptors (Lipinski definition) is 5. The minimum atomic E-state index is -3.77. The van der Waals surface area contributed by atoms with Gasteiger partial charge in [-0.1, -0.05) is 6.07 Å². The first kappa shape index (κ1) is 14.6. The van der Waals surface area contributed by atoms with Crippen molar-refractivity contribution >= 4 is 27.3 Å². The lowest BCUT2D eigenvalue weighted by molar-refractivity contribution is 0.0696. The van der Waals surface area contributed by atoms with Crippen molar-refractivity contribution in [2.45, 2.75) is 18.4 Å². The second kappa shape index (κ2) is 5.70. The van der Waals surface area contributed by atoms with Crippen molar-refractivity contribution in [2.24, 2.45) is 0 Å². The summed E-state index contributed by atoms with van der Waals surface area (Å²) >= 11 is 1.34. The number of rotatable bonds is 5. The molecule has 0 aliphatic heterocycles. The lowest BCUT2D eigenvalue weighted by Gasteiger charge is -2.09. The van der Waals surface area contributed by atoms with Gasteiger partial charge in [0.25, 0.3) is 0 Å². The molecule has 0 saturated heterocycles. The number of sulfonamides is 1. The average Bonchev–Trinajstić information content (AvgIpc) is 2.89. The van der Waals surface area contributed by atoms with Crippen molar-refractivity contribution in [1.82, 2.24) is 9.71 Å². The third kappa shape index (κ3) is 3.21. The maximum Gasteiger partial charge on any atom is 0.335 e. The maximum absolute atomic E-state index is 12.2. The van der Waals surface area contributed by atoms with E-state index < -0.39 is 16.0 Å². The van der Waals surface area contributed by atoms with E-state index in [0.717, 1.165) is 6.07 Å². The highest BCUT2D eigenvalue weighted by Crippen LogP contribution is 2.17. The third-order valence-electron chi connectivity index (χ3n) is 2.62. The number of aryl methyl sites for hydroxylation is 1. The zero-order valence-corrected chi connectivity index (χ0v) is 12.2. The predicted molar refractivity (Wildman–Crippen MR) is 74.3 cm³/mol. The highest BCUT2D eigenvalue weighted by atomic mass is 32.2. The van der Waals surface area contributed by atoms with Gasteiger partial charge in [-0.3, -0.25) is 0 Å². The van der Waals surface area contributed by atoms with Crippen LogP contribution in [0.15, 0.2) is 34.7 Å². The van der Waals surface area contributed by atoms with Crippen LogP contribution in [-0.4, -0.2) is 24.5 Å². The molecule has 0 unspecified atom stereocenters. The minimum Gasteiger partial charge on any atom is -0.478 e. The van der Waals surface area contributed by atoms with Crippen LogP contribution >= 0.6 is 11.3 Å². The topological polar surface area (TPSA) is 96.4 Å². The van der Waals surface area contributed by atoms with Gasteiger partial charge in [0.2, 0.25) is 10.0 Å². The number of aromatic carboxylic acids is 1. The van der Waals surface area contributed by atoms with E-state index in [0.29, 0.717) is 10.6 Å². The smallest absolute Gasteiger partial charge is 0.335 e. The standard InChI is InChI=1S/C12H12N2O4S2/c1-8-2-3-9(12(15)16)6-10(8)20(17,18)14-7-11-13-4-5-19-11/h2-6,14H,7H2,1H3,(H,15,16). The molecule has 1 aromatic heterocycles. The number of aromatic nitrogens is 1. The largest absolute Gasteiger partial charge is 0.478 e. The molecule has 0 saturated carbocycles. The number of hydrogen-bond donors (Lipinski definition) is 2. The molecule has 0 spiro atoms. The second-order valence-corrected chi connectivity index (χ2v) is 6.75. The molecule has 106 valence electrons. The van der Waals surface area contributed by atoms with Crippen LogP contribution in [0, 0.1) is 6.92 Å². The number of carboxylic acids is 1. The molecule has 6 nitrogen and oxygen atoms in total. The Morgan fingerprint density at radius 3 is 2.80 bits per heavy atom. The Balaban J connectivity index is 2.28. The monoisotopic (exact) mass is 312 g/mol. The molecule has 0 bridgehead atoms. The molecule has 2 N–H and O–H groups in total. The molecule has 0 aliphatic carbocycles. The zero-order chi connectivity index (χ0) is 14.8. The first-order chi connectivity index (χ1) is 9.40. The summed E-state index contributed by atoms with van der Waals surface area (Å²) in [5.74, 6) is -1.17. The highest BCUT2D eigenvalue weighted by molar-refractivity contribution is 7.89. The number of nitrogens with zero attached hydrogens (tertiary/aromatic N) is 1. The second-order valence-electron chi connectivity index (χ2n) is 4.04. The number of carboxylic acid groups (broad SMARTS) is 1. The number of carbonyl (C=O) groups is 1. The summed E-state index contributed by atoms with van der Waals surface area (Å²) in [6, 6.07) is 4.00. The van der Waals surface area contributed by atoms with Crippen molar-refractivity contribution in [3.05, 3.63) is 45.9 Å². The molecule has 1 heterocycles. The van der Waals surface area contributed by atoms with E-state index in [1.54, 1.807) is 18.5 Å². The molecule has 20 heavy (non-hydrogen) atoms. The Kier molecular flexibility index (Phi) is 4.17. The Bertz CT molecular complexity index is 724. The molecule has 0 radical (unpaired) electrons. The van der Waals surface area contributed by atoms with Crippen LogP contribution in [0.5, 0.6) is 0 Å². The van der Waals surface area contributed by atoms with Crippen LogP contribution in [-0.2, 0) is 16.6 Å². The van der Waals surface area contributed by atoms with E-state index in [2.05, 4.69) is 9.71 Å². The molecule has 0 aliphatic rings. The fourth-order valence-electron chi connectivity index (χ4n) is 1.60. The summed E-state index contributed by atoms with van der Waals surface area (Å²) in [4.78, 5) is 14.9. The fourth-order valence-corrected chi connectivity index (χ4v) is 3.50. The van der Waals surface area contributed by atoms with E-state index in [4.69, 9.17) is 5.11 Å². The van der Waals surface area contributed by atoms with E-state index >= 15 is 0 Å². The van der Waals surface area contributed by atoms with Crippen LogP contribution in [0.1, 0.15) is 20.9 Å². The number of nitrogens with one attached hydrogen (secondary N) is 1. The Morgan fingerprint density at radius 2 is 2.20 bits per heavy atom. The van der Waals surface area contributed by atoms with Crippen molar-refractivity contribution < 1.29 is 18.3 Å². The Labute approximate surface area is 120 Å². The van der Waals surface area contributed by atoms with E-state index in [9.17, 15) is 13.2 Å². The maximum atomic E-state index is 12.2. The Morgan fingerprint density at radius 1 is 1.45 bits per heavy atom. The molecule has 2 rings (SSSR count). The van der Waals surface area contributed by atoms with Crippen LogP contribution in [0.2, 0.25) is 0 Å². The number of benzene rings is 1. The summed E-state index contributed by atoms with van der Waals surface area (Å²) in [5.41, 5.74) is 0.423. The van der Waals surface area contributed by atoms with Gasteiger partial charge in [0, 0.05) is 11.6 Å². The van der Waals surface area contributed by atoms with Crippen LogP contribution in [0.4, 0.5) is 0 Å². The van der Waals surface area contributed by atoms with Crippen LogP contribution in [0.3, 0.4) is 0 Å². The molecule has 0 fully saturated rings. The van der Waals surface area contributed by atoms with E-state index in [-0.39, 0.29) is 17.0 Å². The van der Waals surface area contributed by atoms with Crippen molar-refractivity contribution in [3.8, 4) is 0 Å². The van der Waals surface area contributed by atoms with Gasteiger partial charge in [-0.05, 0) is 24.6 Å². The lowest BCUT2D eigenvalue weighted by Crippen LogP contribution is -2.24. The van der Waals surface area contributed by atoms with Gasteiger partial charge in [-0.15, -0.1) is 11.3 Å². The van der Waals surface area contributed by atoms with Gasteiger partial charge < -0.3 is 5.11 Å². The summed E-state index contributed by atoms with van der Waals surface area (Å²) in [7, 11) is -3.77. The van der Waals surface area contributed by atoms with Gasteiger partial charge in [-0.25, -0.2) is 22.9 Å². The average molecular weight is 312 g/mol. The Hall–Kier alpha value is -1.77. The summed E-state index contributed by atoms with van der Waals surface area (Å²) in [6.07, 6.45) is 1.59. The molecule has 8 heteroatoms. The molecule has 1 aromatic carbocycles. The van der Waals surface area contributed by atoms with Crippen LogP contribution in [0.25, 0.3) is 0 Å². The summed E-state index contributed by atoms with van der Waals surface area (Å²) in [6.45, 7) is 1.69. The van der Waals surface area contributed by atoms with Crippen molar-refractivity contribution in [1.29, 1.82) is 0 Å². The summed E-state index contributed by atoms with van der Waals surface area (Å²) < 4.78 is 26.8. The van der Waals surface area contributed by atoms with Gasteiger partial charge in [0.05, 0.1) is 17.0 Å². The van der Waals surface area contributed by atoms with E-state index in [1.165, 1.54) is 23.5 Å². The van der Waals surface area contributed by atoms with Crippen molar-refractivity contribution in [3.63, 3.8) is 0 Å². The SMILES string of the molecule is Cc1ccc(C(=O)O)cc1S(=O)(=O)NCc1nccs1. The molecular weight excluding hydrogens is 300 g/mol. The van der Waals surface area contributed by atoms with Crippen molar-refractivity contribution in [2.75, 3.05) is 0 Å². The number of thiazole rings is 1. The first-order valence-corrected chi connectivity index (χ1v) is 7.98. The fraction of sp³-hybridized carbons (Fsp3) is 0.167. The molecule has 0 atom stereocenters. The first-order valence-electron chi connectivity index (χ1n) is 5.62. The van der Waals surface area contributed by atoms with Gasteiger partial charge in [0.15, 0.2) is 0 Å². The highest BCUT2D eigenvalue weighted by Gasteiger charge is 2.19. The molecule has 0 amide bonds. The molecular formula is C12H12N2O4S2. The van der Waals surface area contributed by atoms with Crippen LogP contribution < -0.4 is 4.72 Å². The van der Waals surface area contributed by atoms with Gasteiger partial charge in [-0.2, -0.15) is 0 Å².